The van der Waals surface area contributed by atoms with E-state index in [4.69, 9.17) is 15.2 Å². The number of phenolic OH excluding ortho intramolecular Hbond substituents is 1. The van der Waals surface area contributed by atoms with E-state index in [9.17, 15) is 39.6 Å². The van der Waals surface area contributed by atoms with Crippen molar-refractivity contribution in [1.29, 1.82) is 0 Å². The Morgan fingerprint density at radius 2 is 1.80 bits per heavy atom. The third kappa shape index (κ3) is 5.75. The van der Waals surface area contributed by atoms with Crippen LogP contribution in [0.4, 0.5) is 0 Å². The van der Waals surface area contributed by atoms with Crippen LogP contribution < -0.4 is 15.8 Å². The highest BCUT2D eigenvalue weighted by Gasteiger charge is 2.64. The Kier molecular flexibility index (Phi) is 9.66. The van der Waals surface area contributed by atoms with Gasteiger partial charge < -0.3 is 41.0 Å². The average molecular weight is 678 g/mol. The molecule has 3 aliphatic rings. The van der Waals surface area contributed by atoms with Crippen LogP contribution in [-0.2, 0) is 36.9 Å². The van der Waals surface area contributed by atoms with Crippen LogP contribution in [0.3, 0.4) is 0 Å². The maximum Gasteiger partial charge on any atom is 0.323 e. The van der Waals surface area contributed by atoms with Gasteiger partial charge in [-0.1, -0.05) is 26.0 Å². The maximum absolute atomic E-state index is 14.2. The van der Waals surface area contributed by atoms with Crippen LogP contribution >= 0.6 is 0 Å². The molecule has 1 saturated carbocycles. The third-order valence-electron chi connectivity index (χ3n) is 9.89. The van der Waals surface area contributed by atoms with E-state index in [1.165, 1.54) is 18.1 Å². The Morgan fingerprint density at radius 1 is 1.10 bits per heavy atom. The second-order valence-electron chi connectivity index (χ2n) is 13.3. The molecule has 0 bridgehead atoms. The molecule has 1 amide bonds. The van der Waals surface area contributed by atoms with Gasteiger partial charge in [-0.3, -0.25) is 24.1 Å². The van der Waals surface area contributed by atoms with Gasteiger partial charge in [-0.05, 0) is 80.6 Å². The van der Waals surface area contributed by atoms with E-state index in [0.717, 1.165) is 5.56 Å². The molecule has 5 rings (SSSR count). The minimum atomic E-state index is -2.72. The van der Waals surface area contributed by atoms with E-state index in [1.807, 2.05) is 26.0 Å². The predicted molar refractivity (Wildman–Crippen MR) is 178 cm³/mol. The summed E-state index contributed by atoms with van der Waals surface area (Å²) in [6.45, 7) is 6.16. The number of ether oxygens (including phenoxy) is 2. The molecule has 0 spiro atoms. The van der Waals surface area contributed by atoms with E-state index in [1.54, 1.807) is 33.2 Å². The molecule has 0 saturated heterocycles. The number of nitrogens with one attached hydrogen (secondary N) is 1. The highest BCUT2D eigenvalue weighted by atomic mass is 16.5. The third-order valence-corrected chi connectivity index (χ3v) is 9.89. The number of likely N-dealkylation sites (N-methyl/N-ethyl adjacent to an activating group) is 1. The SMILES string of the molecule is CCOC(=O)C(NCc1ccc(OC)c(-c2ccc(O)c3c2C[C@@H]2C[C@H]4[C@H](N(C)C)C(=O)C(C(N)=O)=C(O)[C@]4(O)C(=O)C2=C3O)c1)C(C)C. The lowest BCUT2D eigenvalue weighted by Gasteiger charge is -2.50. The first-order chi connectivity index (χ1) is 23.1. The van der Waals surface area contributed by atoms with Crippen molar-refractivity contribution in [2.24, 2.45) is 23.5 Å². The number of methoxy groups -OCH3 is 1. The molecule has 0 aromatic heterocycles. The van der Waals surface area contributed by atoms with Gasteiger partial charge in [0.25, 0.3) is 5.91 Å². The van der Waals surface area contributed by atoms with E-state index >= 15 is 0 Å². The predicted octanol–water partition coefficient (Wildman–Crippen LogP) is 2.32. The Bertz CT molecular complexity index is 1790. The molecule has 13 heteroatoms. The molecule has 7 N–H and O–H groups in total. The molecule has 49 heavy (non-hydrogen) atoms. The van der Waals surface area contributed by atoms with Crippen LogP contribution in [0.5, 0.6) is 11.5 Å². The number of carbonyl (C=O) groups is 4. The summed E-state index contributed by atoms with van der Waals surface area (Å²) in [6, 6.07) is 6.82. The molecular weight excluding hydrogens is 634 g/mol. The number of primary amides is 1. The second-order valence-corrected chi connectivity index (χ2v) is 13.3. The van der Waals surface area contributed by atoms with Gasteiger partial charge in [0, 0.05) is 23.6 Å². The molecule has 2 aromatic carbocycles. The van der Waals surface area contributed by atoms with E-state index < -0.39 is 64.1 Å². The summed E-state index contributed by atoms with van der Waals surface area (Å²) in [5.41, 5.74) is 4.09. The van der Waals surface area contributed by atoms with E-state index in [0.29, 0.717) is 29.0 Å². The lowest BCUT2D eigenvalue weighted by atomic mass is 9.57. The Hall–Kier alpha value is -4.72. The van der Waals surface area contributed by atoms with Gasteiger partial charge in [-0.2, -0.15) is 0 Å². The lowest BCUT2D eigenvalue weighted by molar-refractivity contribution is -0.153. The highest BCUT2D eigenvalue weighted by Crippen LogP contribution is 2.54. The summed E-state index contributed by atoms with van der Waals surface area (Å²) < 4.78 is 10.9. The van der Waals surface area contributed by atoms with Crippen molar-refractivity contribution in [3.05, 3.63) is 63.9 Å². The lowest BCUT2D eigenvalue weighted by Crippen LogP contribution is -2.65. The number of aliphatic hydroxyl groups excluding tert-OH is 2. The van der Waals surface area contributed by atoms with Crippen molar-refractivity contribution in [1.82, 2.24) is 10.2 Å². The van der Waals surface area contributed by atoms with E-state index in [-0.39, 0.29) is 48.2 Å². The monoisotopic (exact) mass is 677 g/mol. The number of nitrogens with two attached hydrogens (primary N) is 1. The summed E-state index contributed by atoms with van der Waals surface area (Å²) in [5, 5.41) is 48.9. The van der Waals surface area contributed by atoms with Gasteiger partial charge in [-0.15, -0.1) is 0 Å². The summed E-state index contributed by atoms with van der Waals surface area (Å²) >= 11 is 0. The number of aliphatic hydroxyl groups is 3. The van der Waals surface area contributed by atoms with Crippen molar-refractivity contribution < 1.29 is 49.1 Å². The van der Waals surface area contributed by atoms with Gasteiger partial charge in [-0.25, -0.2) is 0 Å². The van der Waals surface area contributed by atoms with Gasteiger partial charge in [0.1, 0.15) is 34.6 Å². The van der Waals surface area contributed by atoms with Crippen LogP contribution in [0.2, 0.25) is 0 Å². The zero-order valence-electron chi connectivity index (χ0n) is 28.4. The zero-order valence-corrected chi connectivity index (χ0v) is 28.4. The first-order valence-electron chi connectivity index (χ1n) is 16.2. The van der Waals surface area contributed by atoms with Gasteiger partial charge in [0.2, 0.25) is 5.78 Å². The number of Topliss-reactive ketones (excluding diaryl/α,β-unsaturated/α-hetero) is 2. The first-order valence-corrected chi connectivity index (χ1v) is 16.2. The number of amides is 1. The fourth-order valence-electron chi connectivity index (χ4n) is 7.62. The fourth-order valence-corrected chi connectivity index (χ4v) is 7.62. The molecule has 262 valence electrons. The summed E-state index contributed by atoms with van der Waals surface area (Å²) in [5.74, 6) is -7.06. The van der Waals surface area contributed by atoms with Crippen LogP contribution in [0.15, 0.2) is 47.2 Å². The molecule has 13 nitrogen and oxygen atoms in total. The van der Waals surface area contributed by atoms with Crippen molar-refractivity contribution in [3.8, 4) is 22.6 Å². The minimum absolute atomic E-state index is 0.0263. The number of hydrogen-bond acceptors (Lipinski definition) is 12. The number of esters is 1. The molecule has 3 aliphatic carbocycles. The Morgan fingerprint density at radius 3 is 2.39 bits per heavy atom. The summed E-state index contributed by atoms with van der Waals surface area (Å²) in [4.78, 5) is 53.8. The Labute approximate surface area is 284 Å². The second kappa shape index (κ2) is 13.3. The van der Waals surface area contributed by atoms with Crippen molar-refractivity contribution in [3.63, 3.8) is 0 Å². The molecule has 0 heterocycles. The standard InChI is InChI=1S/C36H43N3O10/c1-7-49-35(46)28(16(2)3)38-15-17-8-11-24(48-6)20(12-17)19-9-10-23(40)26-21(19)13-18-14-22-29(39(4)5)31(42)27(34(37)45)33(44)36(22,47)32(43)25(18)30(26)41/h8-12,16,18,22,28-29,38,40-41,44,47H,7,13-15H2,1-6H3,(H2,37,45)/t18-,22+,28?,29+,36-/m1/s1. The van der Waals surface area contributed by atoms with Gasteiger partial charge in [0.15, 0.2) is 11.4 Å². The van der Waals surface area contributed by atoms with Crippen molar-refractivity contribution in [2.45, 2.75) is 57.8 Å². The largest absolute Gasteiger partial charge is 0.508 e. The van der Waals surface area contributed by atoms with E-state index in [2.05, 4.69) is 5.32 Å². The van der Waals surface area contributed by atoms with Crippen LogP contribution in [0.1, 0.15) is 43.9 Å². The molecule has 5 atom stereocenters. The maximum atomic E-state index is 14.2. The number of aromatic hydroxyl groups is 1. The molecular formula is C36H43N3O10. The minimum Gasteiger partial charge on any atom is -0.508 e. The molecule has 1 unspecified atom stereocenters. The smallest absolute Gasteiger partial charge is 0.323 e. The van der Waals surface area contributed by atoms with Gasteiger partial charge in [0.05, 0.1) is 25.3 Å². The van der Waals surface area contributed by atoms with Crippen molar-refractivity contribution >= 4 is 29.2 Å². The van der Waals surface area contributed by atoms with Crippen molar-refractivity contribution in [2.75, 3.05) is 27.8 Å². The van der Waals surface area contributed by atoms with Gasteiger partial charge >= 0.3 is 5.97 Å². The number of hydrogen-bond donors (Lipinski definition) is 6. The number of fused-ring (bicyclic) bond motifs is 3. The zero-order chi connectivity index (χ0) is 36.1. The molecule has 0 aliphatic heterocycles. The molecule has 1 fully saturated rings. The number of rotatable bonds is 10. The normalized spacial score (nSPS) is 24.1. The number of carbonyl (C=O) groups excluding carboxylic acids is 4. The van der Waals surface area contributed by atoms with Crippen LogP contribution in [0, 0.1) is 17.8 Å². The number of nitrogens with zero attached hydrogens (tertiary/aromatic N) is 1. The number of benzene rings is 2. The molecule has 2 aromatic rings. The highest BCUT2D eigenvalue weighted by molar-refractivity contribution is 6.24. The quantitative estimate of drug-likeness (QED) is 0.158. The summed E-state index contributed by atoms with van der Waals surface area (Å²) in [7, 11) is 4.61. The summed E-state index contributed by atoms with van der Waals surface area (Å²) in [6.07, 6.45) is 0.0780. The molecule has 0 radical (unpaired) electrons. The van der Waals surface area contributed by atoms with Crippen LogP contribution in [0.25, 0.3) is 16.9 Å². The van der Waals surface area contributed by atoms with Crippen LogP contribution in [-0.4, -0.2) is 94.3 Å². The Balaban J connectivity index is 1.62. The average Bonchev–Trinajstić information content (AvgIpc) is 3.02. The topological polar surface area (TPSA) is 209 Å². The number of phenols is 1. The fraction of sp³-hybridized carbons (Fsp3) is 0.444. The first kappa shape index (κ1) is 35.6. The number of ketones is 2.